The van der Waals surface area contributed by atoms with Crippen LogP contribution in [0.5, 0.6) is 0 Å². The van der Waals surface area contributed by atoms with Crippen LogP contribution in [-0.2, 0) is 17.9 Å². The predicted octanol–water partition coefficient (Wildman–Crippen LogP) is 4.43. The van der Waals surface area contributed by atoms with E-state index in [0.29, 0.717) is 18.8 Å². The number of benzene rings is 2. The lowest BCUT2D eigenvalue weighted by Crippen LogP contribution is -2.22. The fourth-order valence-electron chi connectivity index (χ4n) is 2.42. The minimum Gasteiger partial charge on any atom is -0.293 e. The monoisotopic (exact) mass is 308 g/mol. The summed E-state index contributed by atoms with van der Waals surface area (Å²) in [7, 11) is 0. The first-order chi connectivity index (χ1) is 11.2. The summed E-state index contributed by atoms with van der Waals surface area (Å²) in [6, 6.07) is 20.5. The number of hydrogen-bond donors (Lipinski definition) is 0. The summed E-state index contributed by atoms with van der Waals surface area (Å²) in [5.41, 5.74) is 3.03. The highest BCUT2D eigenvalue weighted by molar-refractivity contribution is 6.38. The van der Waals surface area contributed by atoms with Gasteiger partial charge in [0.1, 0.15) is 5.71 Å². The van der Waals surface area contributed by atoms with Gasteiger partial charge in [0.2, 0.25) is 0 Å². The molecule has 120 valence electrons. The number of rotatable bonds is 8. The van der Waals surface area contributed by atoms with Gasteiger partial charge in [-0.25, -0.2) is 0 Å². The van der Waals surface area contributed by atoms with Gasteiger partial charge >= 0.3 is 0 Å². The molecule has 2 aromatic rings. The van der Waals surface area contributed by atoms with Crippen molar-refractivity contribution >= 4 is 11.5 Å². The molecule has 0 aliphatic rings. The molecule has 3 heteroatoms. The molecule has 23 heavy (non-hydrogen) atoms. The van der Waals surface area contributed by atoms with Gasteiger partial charge in [0.05, 0.1) is 13.1 Å². The number of carbonyl (C=O) groups is 1. The van der Waals surface area contributed by atoms with Gasteiger partial charge in [-0.15, -0.1) is 0 Å². The van der Waals surface area contributed by atoms with Crippen LogP contribution < -0.4 is 0 Å². The Hall–Kier alpha value is -2.42. The van der Waals surface area contributed by atoms with Crippen LogP contribution in [0.4, 0.5) is 0 Å². The lowest BCUT2D eigenvalue weighted by Gasteiger charge is -2.21. The van der Waals surface area contributed by atoms with E-state index in [2.05, 4.69) is 36.3 Å². The van der Waals surface area contributed by atoms with E-state index in [9.17, 15) is 4.79 Å². The van der Waals surface area contributed by atoms with E-state index in [-0.39, 0.29) is 5.78 Å². The van der Waals surface area contributed by atoms with Gasteiger partial charge < -0.3 is 0 Å². The molecule has 2 aromatic carbocycles. The second-order valence-electron chi connectivity index (χ2n) is 5.65. The normalized spacial score (nSPS) is 11.3. The molecule has 2 rings (SSSR count). The fraction of sp³-hybridized carbons (Fsp3) is 0.300. The largest absolute Gasteiger partial charge is 0.293 e. The second-order valence-corrected chi connectivity index (χ2v) is 5.65. The van der Waals surface area contributed by atoms with Crippen molar-refractivity contribution in [3.63, 3.8) is 0 Å². The van der Waals surface area contributed by atoms with Crippen molar-refractivity contribution in [1.82, 2.24) is 5.01 Å². The van der Waals surface area contributed by atoms with Crippen LogP contribution in [0.3, 0.4) is 0 Å². The Kier molecular flexibility index (Phi) is 6.55. The molecule has 0 saturated heterocycles. The Morgan fingerprint density at radius 2 is 1.39 bits per heavy atom. The molecular formula is C20H24N2O. The summed E-state index contributed by atoms with van der Waals surface area (Å²) >= 11 is 0. The average molecular weight is 308 g/mol. The van der Waals surface area contributed by atoms with Crippen LogP contribution >= 0.6 is 0 Å². The zero-order valence-corrected chi connectivity index (χ0v) is 13.9. The van der Waals surface area contributed by atoms with Crippen LogP contribution in [-0.4, -0.2) is 16.5 Å². The zero-order valence-electron chi connectivity index (χ0n) is 13.9. The summed E-state index contributed by atoms with van der Waals surface area (Å²) < 4.78 is 0. The van der Waals surface area contributed by atoms with Gasteiger partial charge in [-0.05, 0) is 17.5 Å². The maximum atomic E-state index is 11.8. The molecule has 0 N–H and O–H groups in total. The Morgan fingerprint density at radius 3 is 1.78 bits per heavy atom. The summed E-state index contributed by atoms with van der Waals surface area (Å²) in [6.45, 7) is 5.04. The van der Waals surface area contributed by atoms with E-state index in [1.807, 2.05) is 41.4 Å². The molecule has 3 nitrogen and oxygen atoms in total. The molecule has 0 saturated carbocycles. The van der Waals surface area contributed by atoms with Crippen molar-refractivity contribution < 1.29 is 4.79 Å². The SMILES string of the molecule is CCCC(=NN(Cc1ccccc1)Cc1ccccc1)C(C)=O. The Labute approximate surface area is 138 Å². The van der Waals surface area contributed by atoms with Crippen LogP contribution in [0, 0.1) is 0 Å². The summed E-state index contributed by atoms with van der Waals surface area (Å²) in [4.78, 5) is 11.8. The molecule has 0 atom stereocenters. The third kappa shape index (κ3) is 5.70. The average Bonchev–Trinajstić information content (AvgIpc) is 2.56. The minimum absolute atomic E-state index is 0.0537. The second kappa shape index (κ2) is 8.89. The lowest BCUT2D eigenvalue weighted by atomic mass is 10.1. The molecule has 0 amide bonds. The lowest BCUT2D eigenvalue weighted by molar-refractivity contribution is -0.111. The van der Waals surface area contributed by atoms with Crippen LogP contribution in [0.1, 0.15) is 37.8 Å². The van der Waals surface area contributed by atoms with Gasteiger partial charge in [-0.1, -0.05) is 74.0 Å². The molecule has 0 aromatic heterocycles. The first kappa shape index (κ1) is 16.9. The summed E-state index contributed by atoms with van der Waals surface area (Å²) in [5, 5.41) is 6.64. The Bertz CT molecular complexity index is 594. The van der Waals surface area contributed by atoms with Crippen LogP contribution in [0.25, 0.3) is 0 Å². The highest BCUT2D eigenvalue weighted by atomic mass is 16.1. The maximum absolute atomic E-state index is 11.8. The quantitative estimate of drug-likeness (QED) is 0.533. The molecule has 0 aliphatic heterocycles. The molecular weight excluding hydrogens is 284 g/mol. The standard InChI is InChI=1S/C20H24N2O/c1-3-10-20(17(2)23)21-22(15-18-11-6-4-7-12-18)16-19-13-8-5-9-14-19/h4-9,11-14H,3,10,15-16H2,1-2H3. The van der Waals surface area contributed by atoms with E-state index < -0.39 is 0 Å². The number of Topliss-reactive ketones (excluding diaryl/α,β-unsaturated/α-hetero) is 1. The van der Waals surface area contributed by atoms with Gasteiger partial charge in [0, 0.05) is 6.92 Å². The fourth-order valence-corrected chi connectivity index (χ4v) is 2.42. The molecule has 0 aliphatic carbocycles. The van der Waals surface area contributed by atoms with Gasteiger partial charge in [-0.3, -0.25) is 9.80 Å². The van der Waals surface area contributed by atoms with Gasteiger partial charge in [0.15, 0.2) is 5.78 Å². The topological polar surface area (TPSA) is 32.7 Å². The van der Waals surface area contributed by atoms with Gasteiger partial charge in [-0.2, -0.15) is 5.10 Å². The third-order valence-electron chi connectivity index (χ3n) is 3.57. The van der Waals surface area contributed by atoms with E-state index >= 15 is 0 Å². The van der Waals surface area contributed by atoms with Crippen molar-refractivity contribution in [1.29, 1.82) is 0 Å². The number of ketones is 1. The van der Waals surface area contributed by atoms with Gasteiger partial charge in [0.25, 0.3) is 0 Å². The molecule has 0 radical (unpaired) electrons. The van der Waals surface area contributed by atoms with E-state index in [1.165, 1.54) is 11.1 Å². The Morgan fingerprint density at radius 1 is 0.913 bits per heavy atom. The number of hydrazone groups is 1. The van der Waals surface area contributed by atoms with Crippen molar-refractivity contribution in [3.05, 3.63) is 71.8 Å². The molecule has 0 spiro atoms. The first-order valence-corrected chi connectivity index (χ1v) is 8.10. The predicted molar refractivity (Wildman–Crippen MR) is 95.2 cm³/mol. The smallest absolute Gasteiger partial charge is 0.175 e. The number of nitrogens with zero attached hydrogens (tertiary/aromatic N) is 2. The highest BCUT2D eigenvalue weighted by Crippen LogP contribution is 2.11. The van der Waals surface area contributed by atoms with Crippen molar-refractivity contribution in [3.8, 4) is 0 Å². The number of carbonyl (C=O) groups excluding carboxylic acids is 1. The highest BCUT2D eigenvalue weighted by Gasteiger charge is 2.10. The maximum Gasteiger partial charge on any atom is 0.175 e. The van der Waals surface area contributed by atoms with E-state index in [0.717, 1.165) is 12.8 Å². The van der Waals surface area contributed by atoms with E-state index in [1.54, 1.807) is 6.92 Å². The molecule has 0 fully saturated rings. The molecule has 0 bridgehead atoms. The Balaban J connectivity index is 2.22. The van der Waals surface area contributed by atoms with Crippen LogP contribution in [0.15, 0.2) is 65.8 Å². The first-order valence-electron chi connectivity index (χ1n) is 8.10. The third-order valence-corrected chi connectivity index (χ3v) is 3.57. The van der Waals surface area contributed by atoms with Crippen molar-refractivity contribution in [2.45, 2.75) is 39.8 Å². The number of hydrogen-bond acceptors (Lipinski definition) is 3. The molecule has 0 heterocycles. The minimum atomic E-state index is 0.0537. The zero-order chi connectivity index (χ0) is 16.5. The molecule has 0 unspecified atom stereocenters. The van der Waals surface area contributed by atoms with Crippen LogP contribution in [0.2, 0.25) is 0 Å². The summed E-state index contributed by atoms with van der Waals surface area (Å²) in [5.74, 6) is 0.0537. The van der Waals surface area contributed by atoms with E-state index in [4.69, 9.17) is 0 Å². The van der Waals surface area contributed by atoms with Crippen molar-refractivity contribution in [2.75, 3.05) is 0 Å². The van der Waals surface area contributed by atoms with Crippen molar-refractivity contribution in [2.24, 2.45) is 5.10 Å². The summed E-state index contributed by atoms with van der Waals surface area (Å²) in [6.07, 6.45) is 1.64.